The van der Waals surface area contributed by atoms with E-state index in [9.17, 15) is 24.0 Å². The average Bonchev–Trinajstić information content (AvgIpc) is 3.58. The summed E-state index contributed by atoms with van der Waals surface area (Å²) in [6, 6.07) is -1.41. The highest BCUT2D eigenvalue weighted by Crippen LogP contribution is 2.46. The molecule has 0 bridgehead atoms. The summed E-state index contributed by atoms with van der Waals surface area (Å²) in [6.07, 6.45) is 6.46. The van der Waals surface area contributed by atoms with Crippen LogP contribution in [-0.2, 0) is 44.7 Å². The Morgan fingerprint density at radius 1 is 1.02 bits per heavy atom. The number of fused-ring (bicyclic) bond motifs is 2. The number of aryl methyl sites for hydroxylation is 1. The van der Waals surface area contributed by atoms with Crippen molar-refractivity contribution >= 4 is 29.5 Å². The SMILES string of the molecule is CCOC(=O)CCNC(=O)C1=CN2C3CCC(C(=O)NCCC(=O)OCC)CC3OC3C(NCCCn4ccnc4)C(F)CC(C1=O)C32. The smallest absolute Gasteiger partial charge is 0.307 e. The Morgan fingerprint density at radius 3 is 2.44 bits per heavy atom. The lowest BCUT2D eigenvalue weighted by Crippen LogP contribution is -2.73. The monoisotopic (exact) mass is 674 g/mol. The molecule has 1 aromatic rings. The fourth-order valence-corrected chi connectivity index (χ4v) is 7.47. The van der Waals surface area contributed by atoms with Crippen molar-refractivity contribution in [2.45, 2.75) is 102 Å². The number of aromatic nitrogens is 2. The molecule has 8 unspecified atom stereocenters. The normalized spacial score (nSPS) is 29.2. The minimum atomic E-state index is -1.41. The van der Waals surface area contributed by atoms with Crippen molar-refractivity contribution < 1.29 is 42.6 Å². The number of amides is 2. The first-order valence-electron chi connectivity index (χ1n) is 17.1. The van der Waals surface area contributed by atoms with Gasteiger partial charge in [0, 0.05) is 50.1 Å². The topological polar surface area (TPSA) is 170 Å². The van der Waals surface area contributed by atoms with Gasteiger partial charge in [-0.05, 0) is 52.5 Å². The summed E-state index contributed by atoms with van der Waals surface area (Å²) in [5.41, 5.74) is -0.0720. The van der Waals surface area contributed by atoms with E-state index in [1.54, 1.807) is 32.6 Å². The fraction of sp³-hybridized carbons (Fsp3) is 0.697. The Labute approximate surface area is 279 Å². The maximum atomic E-state index is 16.1. The molecular weight excluding hydrogens is 627 g/mol. The number of alkyl halides is 1. The first kappa shape index (κ1) is 35.5. The predicted molar refractivity (Wildman–Crippen MR) is 169 cm³/mol. The molecule has 2 amide bonds. The summed E-state index contributed by atoms with van der Waals surface area (Å²) in [5.74, 6) is -3.26. The van der Waals surface area contributed by atoms with Gasteiger partial charge in [0.2, 0.25) is 5.91 Å². The average molecular weight is 675 g/mol. The Bertz CT molecular complexity index is 1340. The van der Waals surface area contributed by atoms with Crippen molar-refractivity contribution in [3.05, 3.63) is 30.5 Å². The molecule has 2 aliphatic carbocycles. The highest BCUT2D eigenvalue weighted by molar-refractivity contribution is 6.20. The molecule has 0 radical (unpaired) electrons. The van der Waals surface area contributed by atoms with E-state index in [4.69, 9.17) is 14.2 Å². The van der Waals surface area contributed by atoms with Crippen molar-refractivity contribution in [1.82, 2.24) is 30.4 Å². The second-order valence-electron chi connectivity index (χ2n) is 12.7. The Kier molecular flexibility index (Phi) is 12.2. The van der Waals surface area contributed by atoms with E-state index in [1.165, 1.54) is 0 Å². The van der Waals surface area contributed by atoms with E-state index in [1.807, 2.05) is 15.7 Å². The van der Waals surface area contributed by atoms with E-state index in [0.717, 1.165) is 6.42 Å². The highest BCUT2D eigenvalue weighted by atomic mass is 19.1. The van der Waals surface area contributed by atoms with Crippen LogP contribution in [0.2, 0.25) is 0 Å². The fourth-order valence-electron chi connectivity index (χ4n) is 7.47. The van der Waals surface area contributed by atoms with Gasteiger partial charge in [0.1, 0.15) is 6.17 Å². The number of Topliss-reactive ketones (excluding diaryl/α,β-unsaturated/α-hetero) is 1. The van der Waals surface area contributed by atoms with Gasteiger partial charge in [-0.3, -0.25) is 24.0 Å². The van der Waals surface area contributed by atoms with Crippen molar-refractivity contribution in [2.75, 3.05) is 32.8 Å². The molecule has 15 heteroatoms. The quantitative estimate of drug-likeness (QED) is 0.137. The lowest BCUT2D eigenvalue weighted by Gasteiger charge is -2.59. The maximum Gasteiger partial charge on any atom is 0.307 e. The van der Waals surface area contributed by atoms with Crippen molar-refractivity contribution in [1.29, 1.82) is 0 Å². The van der Waals surface area contributed by atoms with E-state index in [2.05, 4.69) is 20.9 Å². The number of rotatable bonds is 15. The van der Waals surface area contributed by atoms with Gasteiger partial charge in [-0.1, -0.05) is 0 Å². The summed E-state index contributed by atoms with van der Waals surface area (Å²) in [5, 5.41) is 8.84. The number of carbonyl (C=O) groups is 5. The molecule has 3 N–H and O–H groups in total. The van der Waals surface area contributed by atoms with Crippen LogP contribution in [0.15, 0.2) is 30.5 Å². The number of nitrogens with zero attached hydrogens (tertiary/aromatic N) is 3. The van der Waals surface area contributed by atoms with Gasteiger partial charge < -0.3 is 39.6 Å². The summed E-state index contributed by atoms with van der Waals surface area (Å²) in [4.78, 5) is 69.8. The van der Waals surface area contributed by atoms with Crippen molar-refractivity contribution in [3.63, 3.8) is 0 Å². The number of morpholine rings is 1. The molecule has 2 aliphatic heterocycles. The Morgan fingerprint density at radius 2 is 1.75 bits per heavy atom. The number of ether oxygens (including phenoxy) is 3. The number of esters is 2. The minimum Gasteiger partial charge on any atom is -0.466 e. The predicted octanol–water partition coefficient (Wildman–Crippen LogP) is 0.802. The van der Waals surface area contributed by atoms with E-state index in [0.29, 0.717) is 32.4 Å². The van der Waals surface area contributed by atoms with Crippen LogP contribution in [0.5, 0.6) is 0 Å². The Hall–Kier alpha value is -3.85. The van der Waals surface area contributed by atoms with Crippen LogP contribution in [0.1, 0.15) is 58.8 Å². The van der Waals surface area contributed by atoms with Gasteiger partial charge in [0.15, 0.2) is 5.78 Å². The van der Waals surface area contributed by atoms with Crippen LogP contribution in [-0.4, -0.2) is 113 Å². The lowest BCUT2D eigenvalue weighted by molar-refractivity contribution is -0.202. The molecule has 0 spiro atoms. The first-order chi connectivity index (χ1) is 23.2. The third-order valence-electron chi connectivity index (χ3n) is 9.67. The third kappa shape index (κ3) is 8.23. The van der Waals surface area contributed by atoms with Gasteiger partial charge in [-0.15, -0.1) is 0 Å². The zero-order chi connectivity index (χ0) is 34.2. The number of halogens is 1. The number of imidazole rings is 1. The number of ketones is 1. The molecule has 2 saturated carbocycles. The lowest BCUT2D eigenvalue weighted by atomic mass is 9.69. The van der Waals surface area contributed by atoms with Crippen molar-refractivity contribution in [2.24, 2.45) is 11.8 Å². The number of nitrogens with one attached hydrogen (secondary N) is 3. The second-order valence-corrected chi connectivity index (χ2v) is 12.7. The van der Waals surface area contributed by atoms with E-state index >= 15 is 4.39 Å². The molecule has 1 saturated heterocycles. The van der Waals surface area contributed by atoms with Gasteiger partial charge in [-0.2, -0.15) is 0 Å². The molecule has 0 aromatic carbocycles. The third-order valence-corrected chi connectivity index (χ3v) is 9.67. The van der Waals surface area contributed by atoms with Crippen molar-refractivity contribution in [3.8, 4) is 0 Å². The second kappa shape index (κ2) is 16.5. The maximum absolute atomic E-state index is 16.1. The summed E-state index contributed by atoms with van der Waals surface area (Å²) < 4.78 is 34.6. The molecule has 3 heterocycles. The van der Waals surface area contributed by atoms with Crippen LogP contribution >= 0.6 is 0 Å². The molecule has 5 rings (SSSR count). The molecule has 1 aromatic heterocycles. The van der Waals surface area contributed by atoms with Crippen LogP contribution in [0.25, 0.3) is 0 Å². The molecular formula is C33H47FN6O8. The van der Waals surface area contributed by atoms with Gasteiger partial charge in [0.05, 0.1) is 68.3 Å². The van der Waals surface area contributed by atoms with Gasteiger partial charge in [-0.25, -0.2) is 9.37 Å². The van der Waals surface area contributed by atoms with Gasteiger partial charge >= 0.3 is 11.9 Å². The van der Waals surface area contributed by atoms with Crippen LogP contribution in [0, 0.1) is 11.8 Å². The molecule has 4 aliphatic rings. The Balaban J connectivity index is 1.32. The van der Waals surface area contributed by atoms with E-state index in [-0.39, 0.29) is 75.0 Å². The molecule has 14 nitrogen and oxygen atoms in total. The van der Waals surface area contributed by atoms with Crippen LogP contribution in [0.4, 0.5) is 4.39 Å². The largest absolute Gasteiger partial charge is 0.466 e. The zero-order valence-electron chi connectivity index (χ0n) is 27.6. The number of carbonyl (C=O) groups excluding carboxylic acids is 5. The summed E-state index contributed by atoms with van der Waals surface area (Å²) >= 11 is 0. The van der Waals surface area contributed by atoms with Crippen LogP contribution < -0.4 is 16.0 Å². The molecule has 8 atom stereocenters. The van der Waals surface area contributed by atoms with Crippen LogP contribution in [0.3, 0.4) is 0 Å². The summed E-state index contributed by atoms with van der Waals surface area (Å²) in [6.45, 7) is 5.28. The van der Waals surface area contributed by atoms with E-state index < -0.39 is 54.0 Å². The first-order valence-corrected chi connectivity index (χ1v) is 17.1. The standard InChI is InChI=1S/C33H47FN6O8/c1-3-46-26(41)8-11-37-32(44)20-6-7-24-25(16-20)48-31-28(36-10-5-14-39-15-13-35-19-39)23(34)17-21-29(31)40(24)18-22(30(21)43)33(45)38-12-9-27(42)47-4-2/h13,15,18-21,23-25,28-29,31,36H,3-12,14,16-17H2,1-2H3,(H,37,44)(H,38,45). The minimum absolute atomic E-state index is 0.00205. The number of hydrogen-bond acceptors (Lipinski definition) is 11. The molecule has 264 valence electrons. The highest BCUT2D eigenvalue weighted by Gasteiger charge is 2.59. The number of hydrogen-bond donors (Lipinski definition) is 3. The van der Waals surface area contributed by atoms with Gasteiger partial charge in [0.25, 0.3) is 5.91 Å². The molecule has 48 heavy (non-hydrogen) atoms. The molecule has 3 fully saturated rings. The summed E-state index contributed by atoms with van der Waals surface area (Å²) in [7, 11) is 0. The zero-order valence-corrected chi connectivity index (χ0v) is 27.6.